The van der Waals surface area contributed by atoms with E-state index in [0.717, 1.165) is 25.7 Å². The van der Waals surface area contributed by atoms with Gasteiger partial charge < -0.3 is 16.2 Å². The van der Waals surface area contributed by atoms with Crippen molar-refractivity contribution in [2.45, 2.75) is 37.8 Å². The molecule has 1 amide bonds. The van der Waals surface area contributed by atoms with Gasteiger partial charge in [-0.25, -0.2) is 0 Å². The SMILES string of the molecule is NC(=O)CNC1CCCCC1O. The summed E-state index contributed by atoms with van der Waals surface area (Å²) in [4.78, 5) is 10.4. The Balaban J connectivity index is 2.24. The maximum absolute atomic E-state index is 10.4. The van der Waals surface area contributed by atoms with Crippen molar-refractivity contribution < 1.29 is 9.90 Å². The summed E-state index contributed by atoms with van der Waals surface area (Å²) in [5.74, 6) is -0.368. The minimum Gasteiger partial charge on any atom is -0.392 e. The van der Waals surface area contributed by atoms with Crippen LogP contribution in [0.15, 0.2) is 0 Å². The van der Waals surface area contributed by atoms with Crippen molar-refractivity contribution in [1.29, 1.82) is 0 Å². The molecule has 0 aromatic heterocycles. The maximum Gasteiger partial charge on any atom is 0.231 e. The lowest BCUT2D eigenvalue weighted by Gasteiger charge is -2.27. The fourth-order valence-corrected chi connectivity index (χ4v) is 1.58. The number of hydrogen-bond acceptors (Lipinski definition) is 3. The zero-order chi connectivity index (χ0) is 8.97. The van der Waals surface area contributed by atoms with Crippen LogP contribution in [0.4, 0.5) is 0 Å². The summed E-state index contributed by atoms with van der Waals surface area (Å²) >= 11 is 0. The van der Waals surface area contributed by atoms with E-state index >= 15 is 0 Å². The minimum atomic E-state index is -0.368. The quantitative estimate of drug-likeness (QED) is 0.530. The highest BCUT2D eigenvalue weighted by Gasteiger charge is 2.22. The predicted molar refractivity (Wildman–Crippen MR) is 45.5 cm³/mol. The summed E-state index contributed by atoms with van der Waals surface area (Å²) in [5, 5.41) is 12.4. The molecule has 1 aliphatic rings. The van der Waals surface area contributed by atoms with Gasteiger partial charge in [0.25, 0.3) is 0 Å². The Hall–Kier alpha value is -0.610. The lowest BCUT2D eigenvalue weighted by atomic mass is 9.93. The molecular weight excluding hydrogens is 156 g/mol. The summed E-state index contributed by atoms with van der Waals surface area (Å²) in [5.41, 5.74) is 4.97. The van der Waals surface area contributed by atoms with Gasteiger partial charge in [-0.1, -0.05) is 12.8 Å². The molecule has 0 saturated heterocycles. The molecule has 0 radical (unpaired) electrons. The first kappa shape index (κ1) is 9.48. The third-order valence-corrected chi connectivity index (χ3v) is 2.27. The Morgan fingerprint density at radius 2 is 2.17 bits per heavy atom. The Morgan fingerprint density at radius 1 is 1.50 bits per heavy atom. The van der Waals surface area contributed by atoms with E-state index < -0.39 is 0 Å². The second-order valence-electron chi connectivity index (χ2n) is 3.31. The number of primary amides is 1. The van der Waals surface area contributed by atoms with Gasteiger partial charge in [-0.3, -0.25) is 4.79 Å². The molecule has 1 fully saturated rings. The van der Waals surface area contributed by atoms with Gasteiger partial charge in [0, 0.05) is 6.04 Å². The number of carbonyl (C=O) groups is 1. The number of hydrogen-bond donors (Lipinski definition) is 3. The van der Waals surface area contributed by atoms with Gasteiger partial charge in [-0.05, 0) is 12.8 Å². The normalized spacial score (nSPS) is 30.1. The van der Waals surface area contributed by atoms with Crippen LogP contribution in [0.2, 0.25) is 0 Å². The van der Waals surface area contributed by atoms with E-state index in [0.29, 0.717) is 0 Å². The monoisotopic (exact) mass is 172 g/mol. The second-order valence-corrected chi connectivity index (χ2v) is 3.31. The van der Waals surface area contributed by atoms with E-state index in [9.17, 15) is 9.90 Å². The molecule has 0 bridgehead atoms. The Kier molecular flexibility index (Phi) is 3.49. The maximum atomic E-state index is 10.4. The van der Waals surface area contributed by atoms with Crippen LogP contribution in [0.25, 0.3) is 0 Å². The average molecular weight is 172 g/mol. The molecule has 1 aliphatic carbocycles. The van der Waals surface area contributed by atoms with Crippen LogP contribution in [0, 0.1) is 0 Å². The molecular formula is C8H16N2O2. The minimum absolute atomic E-state index is 0.0613. The Labute approximate surface area is 72.1 Å². The van der Waals surface area contributed by atoms with Crippen molar-refractivity contribution in [3.63, 3.8) is 0 Å². The Morgan fingerprint density at radius 3 is 2.75 bits per heavy atom. The average Bonchev–Trinajstić information content (AvgIpc) is 2.03. The molecule has 1 saturated carbocycles. The van der Waals surface area contributed by atoms with Crippen molar-refractivity contribution in [3.8, 4) is 0 Å². The molecule has 4 nitrogen and oxygen atoms in total. The number of amides is 1. The summed E-state index contributed by atoms with van der Waals surface area (Å²) in [6.07, 6.45) is 3.66. The molecule has 0 aromatic carbocycles. The molecule has 0 aromatic rings. The fraction of sp³-hybridized carbons (Fsp3) is 0.875. The first-order valence-corrected chi connectivity index (χ1v) is 4.40. The molecule has 70 valence electrons. The summed E-state index contributed by atoms with van der Waals surface area (Å²) in [6, 6.07) is 0.0613. The molecule has 12 heavy (non-hydrogen) atoms. The van der Waals surface area contributed by atoms with Crippen molar-refractivity contribution in [3.05, 3.63) is 0 Å². The van der Waals surface area contributed by atoms with Crippen LogP contribution in [-0.2, 0) is 4.79 Å². The first-order valence-electron chi connectivity index (χ1n) is 4.40. The summed E-state index contributed by atoms with van der Waals surface area (Å²) in [6.45, 7) is 0.168. The summed E-state index contributed by atoms with van der Waals surface area (Å²) in [7, 11) is 0. The van der Waals surface area contributed by atoms with Crippen LogP contribution in [0.5, 0.6) is 0 Å². The third kappa shape index (κ3) is 2.79. The lowest BCUT2D eigenvalue weighted by Crippen LogP contribution is -2.45. The smallest absolute Gasteiger partial charge is 0.231 e. The predicted octanol–water partition coefficient (Wildman–Crippen LogP) is -0.635. The van der Waals surface area contributed by atoms with E-state index in [1.807, 2.05) is 0 Å². The van der Waals surface area contributed by atoms with Gasteiger partial charge in [0.15, 0.2) is 0 Å². The highest BCUT2D eigenvalue weighted by molar-refractivity contribution is 5.75. The van der Waals surface area contributed by atoms with Crippen molar-refractivity contribution in [2.24, 2.45) is 5.73 Å². The van der Waals surface area contributed by atoms with Crippen molar-refractivity contribution in [2.75, 3.05) is 6.54 Å². The zero-order valence-corrected chi connectivity index (χ0v) is 7.12. The van der Waals surface area contributed by atoms with Crippen LogP contribution in [-0.4, -0.2) is 29.7 Å². The number of nitrogens with one attached hydrogen (secondary N) is 1. The van der Waals surface area contributed by atoms with Gasteiger partial charge in [0.2, 0.25) is 5.91 Å². The fourth-order valence-electron chi connectivity index (χ4n) is 1.58. The van der Waals surface area contributed by atoms with Crippen molar-refractivity contribution >= 4 is 5.91 Å². The van der Waals surface area contributed by atoms with Crippen molar-refractivity contribution in [1.82, 2.24) is 5.32 Å². The highest BCUT2D eigenvalue weighted by Crippen LogP contribution is 2.17. The van der Waals surface area contributed by atoms with Crippen LogP contribution >= 0.6 is 0 Å². The molecule has 2 unspecified atom stereocenters. The largest absolute Gasteiger partial charge is 0.392 e. The number of rotatable bonds is 3. The van der Waals surface area contributed by atoms with E-state index in [2.05, 4.69) is 5.32 Å². The second kappa shape index (κ2) is 4.42. The molecule has 2 atom stereocenters. The molecule has 0 spiro atoms. The zero-order valence-electron chi connectivity index (χ0n) is 7.12. The van der Waals surface area contributed by atoms with E-state index in [-0.39, 0.29) is 24.6 Å². The first-order chi connectivity index (χ1) is 5.70. The van der Waals surface area contributed by atoms with Gasteiger partial charge in [-0.15, -0.1) is 0 Å². The van der Waals surface area contributed by atoms with Gasteiger partial charge in [0.1, 0.15) is 0 Å². The van der Waals surface area contributed by atoms with Crippen LogP contribution in [0.1, 0.15) is 25.7 Å². The molecule has 4 heteroatoms. The molecule has 0 aliphatic heterocycles. The number of aliphatic hydroxyl groups excluding tert-OH is 1. The topological polar surface area (TPSA) is 75.4 Å². The molecule has 0 heterocycles. The molecule has 4 N–H and O–H groups in total. The Bertz CT molecular complexity index is 161. The van der Waals surface area contributed by atoms with Gasteiger partial charge >= 0.3 is 0 Å². The number of aliphatic hydroxyl groups is 1. The standard InChI is InChI=1S/C8H16N2O2/c9-8(12)5-10-6-3-1-2-4-7(6)11/h6-7,10-11H,1-5H2,(H2,9,12). The lowest BCUT2D eigenvalue weighted by molar-refractivity contribution is -0.117. The van der Waals surface area contributed by atoms with E-state index in [1.165, 1.54) is 0 Å². The van der Waals surface area contributed by atoms with E-state index in [1.54, 1.807) is 0 Å². The number of nitrogens with two attached hydrogens (primary N) is 1. The third-order valence-electron chi connectivity index (χ3n) is 2.27. The summed E-state index contributed by atoms with van der Waals surface area (Å²) < 4.78 is 0. The van der Waals surface area contributed by atoms with Crippen LogP contribution < -0.4 is 11.1 Å². The van der Waals surface area contributed by atoms with E-state index in [4.69, 9.17) is 5.73 Å². The number of carbonyl (C=O) groups excluding carboxylic acids is 1. The van der Waals surface area contributed by atoms with Gasteiger partial charge in [0.05, 0.1) is 12.6 Å². The highest BCUT2D eigenvalue weighted by atomic mass is 16.3. The van der Waals surface area contributed by atoms with Gasteiger partial charge in [-0.2, -0.15) is 0 Å². The molecule has 1 rings (SSSR count). The van der Waals surface area contributed by atoms with Crippen LogP contribution in [0.3, 0.4) is 0 Å².